The molecule has 0 saturated heterocycles. The fourth-order valence-electron chi connectivity index (χ4n) is 2.57. The Hall–Kier alpha value is -1.71. The Morgan fingerprint density at radius 2 is 1.90 bits per heavy atom. The van der Waals surface area contributed by atoms with Gasteiger partial charge in [-0.25, -0.2) is 0 Å². The van der Waals surface area contributed by atoms with E-state index < -0.39 is 0 Å². The first kappa shape index (κ1) is 17.3. The van der Waals surface area contributed by atoms with Crippen LogP contribution in [0.3, 0.4) is 0 Å². The summed E-state index contributed by atoms with van der Waals surface area (Å²) in [6.07, 6.45) is 1.89. The zero-order valence-corrected chi connectivity index (χ0v) is 13.8. The van der Waals surface area contributed by atoms with E-state index in [2.05, 4.69) is 27.7 Å². The number of benzene rings is 1. The fourth-order valence-corrected chi connectivity index (χ4v) is 2.57. The second kappa shape index (κ2) is 7.91. The third kappa shape index (κ3) is 4.38. The average molecular weight is 292 g/mol. The van der Waals surface area contributed by atoms with Crippen LogP contribution in [-0.2, 0) is 0 Å². The first-order chi connectivity index (χ1) is 9.94. The van der Waals surface area contributed by atoms with E-state index >= 15 is 0 Å². The molecule has 118 valence electrons. The summed E-state index contributed by atoms with van der Waals surface area (Å²) in [7, 11) is 1.58. The second-order valence-electron chi connectivity index (χ2n) is 5.78. The highest BCUT2D eigenvalue weighted by Crippen LogP contribution is 2.25. The summed E-state index contributed by atoms with van der Waals surface area (Å²) in [6.45, 7) is 9.22. The molecular weight excluding hydrogens is 264 g/mol. The maximum Gasteiger partial charge on any atom is 0.257 e. The number of carbonyl (C=O) groups is 1. The molecular formula is C17H28N2O2. The van der Waals surface area contributed by atoms with Crippen molar-refractivity contribution in [1.82, 2.24) is 4.90 Å². The van der Waals surface area contributed by atoms with Gasteiger partial charge in [0.05, 0.1) is 12.7 Å². The number of methoxy groups -OCH3 is 1. The molecule has 1 aromatic carbocycles. The van der Waals surface area contributed by atoms with Crippen LogP contribution in [0.15, 0.2) is 18.2 Å². The number of hydrogen-bond donors (Lipinski definition) is 1. The smallest absolute Gasteiger partial charge is 0.257 e. The first-order valence-electron chi connectivity index (χ1n) is 7.68. The number of nitrogens with two attached hydrogens (primary N) is 1. The predicted octanol–water partition coefficient (Wildman–Crippen LogP) is 3.56. The van der Waals surface area contributed by atoms with Gasteiger partial charge in [0, 0.05) is 18.3 Å². The molecule has 21 heavy (non-hydrogen) atoms. The average Bonchev–Trinajstić information content (AvgIpc) is 2.46. The number of rotatable bonds is 7. The SMILES string of the molecule is CCC(CC)N(CC(C)C)C(=O)c1cc(N)ccc1OC. The van der Waals surface area contributed by atoms with Crippen molar-refractivity contribution in [2.24, 2.45) is 5.92 Å². The van der Waals surface area contributed by atoms with Crippen molar-refractivity contribution >= 4 is 11.6 Å². The van der Waals surface area contributed by atoms with Gasteiger partial charge in [0.25, 0.3) is 5.91 Å². The molecule has 1 amide bonds. The molecule has 0 fully saturated rings. The molecule has 1 rings (SSSR count). The highest BCUT2D eigenvalue weighted by Gasteiger charge is 2.25. The van der Waals surface area contributed by atoms with E-state index in [-0.39, 0.29) is 11.9 Å². The lowest BCUT2D eigenvalue weighted by atomic mass is 10.0. The molecule has 0 atom stereocenters. The Bertz CT molecular complexity index is 468. The molecule has 0 aliphatic rings. The molecule has 0 saturated carbocycles. The van der Waals surface area contributed by atoms with E-state index in [1.54, 1.807) is 25.3 Å². The molecule has 0 bridgehead atoms. The van der Waals surface area contributed by atoms with E-state index in [1.165, 1.54) is 0 Å². The van der Waals surface area contributed by atoms with Crippen LogP contribution in [0, 0.1) is 5.92 Å². The minimum absolute atomic E-state index is 0.00144. The maximum absolute atomic E-state index is 13.0. The highest BCUT2D eigenvalue weighted by molar-refractivity contribution is 5.98. The molecule has 0 aliphatic carbocycles. The third-order valence-corrected chi connectivity index (χ3v) is 3.66. The Labute approximate surface area is 128 Å². The monoisotopic (exact) mass is 292 g/mol. The van der Waals surface area contributed by atoms with Crippen LogP contribution in [0.4, 0.5) is 5.69 Å². The summed E-state index contributed by atoms with van der Waals surface area (Å²) in [5.74, 6) is 0.997. The van der Waals surface area contributed by atoms with Crippen LogP contribution in [0.25, 0.3) is 0 Å². The largest absolute Gasteiger partial charge is 0.496 e. The van der Waals surface area contributed by atoms with Gasteiger partial charge in [0.15, 0.2) is 0 Å². The maximum atomic E-state index is 13.0. The number of nitrogens with zero attached hydrogens (tertiary/aromatic N) is 1. The van der Waals surface area contributed by atoms with Crippen LogP contribution in [0.1, 0.15) is 50.9 Å². The first-order valence-corrected chi connectivity index (χ1v) is 7.68. The van der Waals surface area contributed by atoms with E-state index in [1.807, 2.05) is 4.90 Å². The van der Waals surface area contributed by atoms with Gasteiger partial charge in [0.2, 0.25) is 0 Å². The molecule has 0 heterocycles. The summed E-state index contributed by atoms with van der Waals surface area (Å²) in [4.78, 5) is 14.9. The van der Waals surface area contributed by atoms with Crippen molar-refractivity contribution in [1.29, 1.82) is 0 Å². The van der Waals surface area contributed by atoms with Crippen LogP contribution < -0.4 is 10.5 Å². The Morgan fingerprint density at radius 3 is 2.38 bits per heavy atom. The van der Waals surface area contributed by atoms with E-state index in [0.717, 1.165) is 19.4 Å². The van der Waals surface area contributed by atoms with Gasteiger partial charge < -0.3 is 15.4 Å². The number of amides is 1. The van der Waals surface area contributed by atoms with Crippen LogP contribution in [-0.4, -0.2) is 30.5 Å². The van der Waals surface area contributed by atoms with Crippen molar-refractivity contribution < 1.29 is 9.53 Å². The molecule has 0 aliphatic heterocycles. The topological polar surface area (TPSA) is 55.6 Å². The normalized spacial score (nSPS) is 11.0. The molecule has 0 spiro atoms. The van der Waals surface area contributed by atoms with E-state index in [9.17, 15) is 4.79 Å². The molecule has 0 aromatic heterocycles. The number of hydrogen-bond acceptors (Lipinski definition) is 3. The minimum Gasteiger partial charge on any atom is -0.496 e. The summed E-state index contributed by atoms with van der Waals surface area (Å²) >= 11 is 0. The molecule has 1 aromatic rings. The van der Waals surface area contributed by atoms with E-state index in [0.29, 0.717) is 22.9 Å². The number of ether oxygens (including phenoxy) is 1. The molecule has 0 unspecified atom stereocenters. The van der Waals surface area contributed by atoms with E-state index in [4.69, 9.17) is 10.5 Å². The van der Waals surface area contributed by atoms with Crippen molar-refractivity contribution in [3.8, 4) is 5.75 Å². The standard InChI is InChI=1S/C17H28N2O2/c1-6-14(7-2)19(11-12(3)4)17(20)15-10-13(18)8-9-16(15)21-5/h8-10,12,14H,6-7,11,18H2,1-5H3. The van der Waals surface area contributed by atoms with Gasteiger partial charge in [-0.2, -0.15) is 0 Å². The number of anilines is 1. The van der Waals surface area contributed by atoms with Gasteiger partial charge in [-0.15, -0.1) is 0 Å². The van der Waals surface area contributed by atoms with Crippen molar-refractivity contribution in [2.75, 3.05) is 19.4 Å². The fraction of sp³-hybridized carbons (Fsp3) is 0.588. The highest BCUT2D eigenvalue weighted by atomic mass is 16.5. The van der Waals surface area contributed by atoms with Crippen molar-refractivity contribution in [2.45, 2.75) is 46.6 Å². The zero-order valence-electron chi connectivity index (χ0n) is 13.8. The zero-order chi connectivity index (χ0) is 16.0. The second-order valence-corrected chi connectivity index (χ2v) is 5.78. The predicted molar refractivity (Wildman–Crippen MR) is 87.7 cm³/mol. The number of carbonyl (C=O) groups excluding carboxylic acids is 1. The summed E-state index contributed by atoms with van der Waals surface area (Å²) in [5, 5.41) is 0. The third-order valence-electron chi connectivity index (χ3n) is 3.66. The molecule has 2 N–H and O–H groups in total. The number of nitrogen functional groups attached to an aromatic ring is 1. The van der Waals surface area contributed by atoms with Gasteiger partial charge >= 0.3 is 0 Å². The van der Waals surface area contributed by atoms with Gasteiger partial charge in [-0.1, -0.05) is 27.7 Å². The quantitative estimate of drug-likeness (QED) is 0.782. The Kier molecular flexibility index (Phi) is 6.53. The summed E-state index contributed by atoms with van der Waals surface area (Å²) < 4.78 is 5.32. The molecule has 4 heteroatoms. The van der Waals surface area contributed by atoms with Gasteiger partial charge in [0.1, 0.15) is 5.75 Å². The summed E-state index contributed by atoms with van der Waals surface area (Å²) in [6, 6.07) is 5.45. The Balaban J connectivity index is 3.18. The lowest BCUT2D eigenvalue weighted by Crippen LogP contribution is -2.42. The Morgan fingerprint density at radius 1 is 1.29 bits per heavy atom. The molecule has 0 radical (unpaired) electrons. The lowest BCUT2D eigenvalue weighted by molar-refractivity contribution is 0.0637. The van der Waals surface area contributed by atoms with Crippen LogP contribution in [0.5, 0.6) is 5.75 Å². The lowest BCUT2D eigenvalue weighted by Gasteiger charge is -2.32. The summed E-state index contributed by atoms with van der Waals surface area (Å²) in [5.41, 5.74) is 6.96. The van der Waals surface area contributed by atoms with Crippen molar-refractivity contribution in [3.05, 3.63) is 23.8 Å². The van der Waals surface area contributed by atoms with Crippen LogP contribution in [0.2, 0.25) is 0 Å². The van der Waals surface area contributed by atoms with Crippen LogP contribution >= 0.6 is 0 Å². The molecule has 4 nitrogen and oxygen atoms in total. The van der Waals surface area contributed by atoms with Gasteiger partial charge in [-0.3, -0.25) is 4.79 Å². The van der Waals surface area contributed by atoms with Crippen molar-refractivity contribution in [3.63, 3.8) is 0 Å². The minimum atomic E-state index is 0.00144. The van der Waals surface area contributed by atoms with Gasteiger partial charge in [-0.05, 0) is 37.0 Å².